The van der Waals surface area contributed by atoms with Crippen LogP contribution < -0.4 is 15.4 Å². The number of hydrogen-bond acceptors (Lipinski definition) is 3. The minimum Gasteiger partial charge on any atom is -0.492 e. The summed E-state index contributed by atoms with van der Waals surface area (Å²) in [6.45, 7) is 6.02. The topological polar surface area (TPSA) is 67.4 Å². The molecule has 0 aliphatic rings. The van der Waals surface area contributed by atoms with Gasteiger partial charge in [-0.25, -0.2) is 0 Å². The highest BCUT2D eigenvalue weighted by Crippen LogP contribution is 2.23. The van der Waals surface area contributed by atoms with E-state index in [9.17, 15) is 9.59 Å². The summed E-state index contributed by atoms with van der Waals surface area (Å²) < 4.78 is 5.34. The van der Waals surface area contributed by atoms with Crippen LogP contribution in [-0.4, -0.2) is 25.0 Å². The van der Waals surface area contributed by atoms with Gasteiger partial charge in [0.1, 0.15) is 5.75 Å². The van der Waals surface area contributed by atoms with E-state index in [0.717, 1.165) is 0 Å². The van der Waals surface area contributed by atoms with Gasteiger partial charge in [-0.3, -0.25) is 9.59 Å². The van der Waals surface area contributed by atoms with Crippen molar-refractivity contribution in [1.82, 2.24) is 5.32 Å². The summed E-state index contributed by atoms with van der Waals surface area (Å²) in [6.07, 6.45) is 1.50. The van der Waals surface area contributed by atoms with Crippen LogP contribution in [0.15, 0.2) is 36.9 Å². The Morgan fingerprint density at radius 2 is 2.06 bits per heavy atom. The van der Waals surface area contributed by atoms with E-state index in [2.05, 4.69) is 17.2 Å². The summed E-state index contributed by atoms with van der Waals surface area (Å²) in [6, 6.07) is 6.93. The first-order chi connectivity index (χ1) is 8.69. The lowest BCUT2D eigenvalue weighted by Crippen LogP contribution is -2.35. The van der Waals surface area contributed by atoms with Gasteiger partial charge in [0.25, 0.3) is 0 Å². The average Bonchev–Trinajstić information content (AvgIpc) is 2.38. The van der Waals surface area contributed by atoms with E-state index in [1.165, 1.54) is 6.08 Å². The van der Waals surface area contributed by atoms with Crippen LogP contribution in [0.5, 0.6) is 5.75 Å². The molecular weight excluding hydrogens is 232 g/mol. The molecule has 1 aromatic carbocycles. The first-order valence-electron chi connectivity index (χ1n) is 5.61. The number of amides is 2. The number of benzene rings is 1. The molecule has 0 radical (unpaired) electrons. The van der Waals surface area contributed by atoms with E-state index in [1.807, 2.05) is 6.92 Å². The quantitative estimate of drug-likeness (QED) is 0.610. The summed E-state index contributed by atoms with van der Waals surface area (Å²) in [7, 11) is 0. The van der Waals surface area contributed by atoms with Gasteiger partial charge >= 0.3 is 11.8 Å². The third-order valence-electron chi connectivity index (χ3n) is 2.05. The summed E-state index contributed by atoms with van der Waals surface area (Å²) in [5.74, 6) is -0.907. The molecule has 5 nitrogen and oxygen atoms in total. The van der Waals surface area contributed by atoms with Crippen molar-refractivity contribution in [1.29, 1.82) is 0 Å². The van der Waals surface area contributed by atoms with Crippen LogP contribution in [-0.2, 0) is 9.59 Å². The van der Waals surface area contributed by atoms with Gasteiger partial charge in [-0.2, -0.15) is 0 Å². The molecule has 0 saturated carbocycles. The summed E-state index contributed by atoms with van der Waals surface area (Å²) in [4.78, 5) is 22.9. The maximum atomic E-state index is 11.6. The highest BCUT2D eigenvalue weighted by Gasteiger charge is 2.14. The Bertz CT molecular complexity index is 444. The highest BCUT2D eigenvalue weighted by atomic mass is 16.5. The zero-order valence-corrected chi connectivity index (χ0v) is 10.2. The van der Waals surface area contributed by atoms with Crippen LogP contribution in [0.4, 0.5) is 5.69 Å². The molecule has 0 aromatic heterocycles. The first kappa shape index (κ1) is 13.8. The molecule has 0 heterocycles. The average molecular weight is 248 g/mol. The second-order valence-electron chi connectivity index (χ2n) is 3.38. The molecule has 0 atom stereocenters. The Kier molecular flexibility index (Phi) is 5.44. The number of carbonyl (C=O) groups is 2. The third-order valence-corrected chi connectivity index (χ3v) is 2.05. The molecule has 18 heavy (non-hydrogen) atoms. The van der Waals surface area contributed by atoms with Gasteiger partial charge in [0.15, 0.2) is 0 Å². The van der Waals surface area contributed by atoms with E-state index in [1.54, 1.807) is 24.3 Å². The zero-order valence-electron chi connectivity index (χ0n) is 10.2. The molecule has 0 aliphatic heterocycles. The molecule has 2 amide bonds. The Balaban J connectivity index is 2.69. The fraction of sp³-hybridized carbons (Fsp3) is 0.231. The number of nitrogens with one attached hydrogen (secondary N) is 2. The Morgan fingerprint density at radius 1 is 1.33 bits per heavy atom. The van der Waals surface area contributed by atoms with Gasteiger partial charge < -0.3 is 15.4 Å². The standard InChI is InChI=1S/C13H16N2O3/c1-3-9-14-12(16)13(17)15-10-7-5-6-8-11(10)18-4-2/h3,5-8H,1,4,9H2,2H3,(H,14,16)(H,15,17). The van der Waals surface area contributed by atoms with E-state index >= 15 is 0 Å². The first-order valence-corrected chi connectivity index (χ1v) is 5.61. The van der Waals surface area contributed by atoms with Gasteiger partial charge in [-0.15, -0.1) is 6.58 Å². The molecule has 0 aliphatic carbocycles. The number of anilines is 1. The predicted octanol–water partition coefficient (Wildman–Crippen LogP) is 1.33. The van der Waals surface area contributed by atoms with Gasteiger partial charge in [0.05, 0.1) is 12.3 Å². The van der Waals surface area contributed by atoms with Crippen LogP contribution in [0, 0.1) is 0 Å². The van der Waals surface area contributed by atoms with Crippen molar-refractivity contribution in [2.24, 2.45) is 0 Å². The molecule has 2 N–H and O–H groups in total. The number of para-hydroxylation sites is 2. The lowest BCUT2D eigenvalue weighted by Gasteiger charge is -2.10. The zero-order chi connectivity index (χ0) is 13.4. The Hall–Kier alpha value is -2.30. The van der Waals surface area contributed by atoms with Gasteiger partial charge in [0.2, 0.25) is 0 Å². The van der Waals surface area contributed by atoms with Crippen molar-refractivity contribution in [3.63, 3.8) is 0 Å². The van der Waals surface area contributed by atoms with Crippen molar-refractivity contribution in [3.05, 3.63) is 36.9 Å². The highest BCUT2D eigenvalue weighted by molar-refractivity contribution is 6.39. The van der Waals surface area contributed by atoms with Crippen molar-refractivity contribution in [2.75, 3.05) is 18.5 Å². The van der Waals surface area contributed by atoms with Crippen LogP contribution in [0.2, 0.25) is 0 Å². The molecule has 5 heteroatoms. The van der Waals surface area contributed by atoms with E-state index in [0.29, 0.717) is 18.0 Å². The lowest BCUT2D eigenvalue weighted by atomic mass is 10.3. The lowest BCUT2D eigenvalue weighted by molar-refractivity contribution is -0.136. The van der Waals surface area contributed by atoms with Gasteiger partial charge in [-0.1, -0.05) is 18.2 Å². The van der Waals surface area contributed by atoms with Crippen molar-refractivity contribution in [3.8, 4) is 5.75 Å². The monoisotopic (exact) mass is 248 g/mol. The molecule has 0 unspecified atom stereocenters. The van der Waals surface area contributed by atoms with Crippen molar-refractivity contribution in [2.45, 2.75) is 6.92 Å². The number of carbonyl (C=O) groups excluding carboxylic acids is 2. The molecule has 0 saturated heterocycles. The molecule has 1 aromatic rings. The number of hydrogen-bond donors (Lipinski definition) is 2. The van der Waals surface area contributed by atoms with E-state index in [4.69, 9.17) is 4.74 Å². The smallest absolute Gasteiger partial charge is 0.313 e. The third kappa shape index (κ3) is 3.93. The summed E-state index contributed by atoms with van der Waals surface area (Å²) >= 11 is 0. The molecule has 96 valence electrons. The Labute approximate surface area is 106 Å². The minimum atomic E-state index is -0.732. The van der Waals surface area contributed by atoms with Crippen LogP contribution in [0.3, 0.4) is 0 Å². The largest absolute Gasteiger partial charge is 0.492 e. The molecular formula is C13H16N2O3. The van der Waals surface area contributed by atoms with Crippen molar-refractivity contribution < 1.29 is 14.3 Å². The number of ether oxygens (including phenoxy) is 1. The summed E-state index contributed by atoms with van der Waals surface area (Å²) in [5.41, 5.74) is 0.470. The molecule has 0 spiro atoms. The molecule has 0 bridgehead atoms. The second kappa shape index (κ2) is 7.11. The van der Waals surface area contributed by atoms with Crippen LogP contribution in [0.25, 0.3) is 0 Å². The van der Waals surface area contributed by atoms with Gasteiger partial charge in [-0.05, 0) is 19.1 Å². The SMILES string of the molecule is C=CCNC(=O)C(=O)Nc1ccccc1OCC. The summed E-state index contributed by atoms with van der Waals surface area (Å²) in [5, 5.41) is 4.89. The molecule has 1 rings (SSSR count). The predicted molar refractivity (Wildman–Crippen MR) is 69.4 cm³/mol. The van der Waals surface area contributed by atoms with E-state index < -0.39 is 11.8 Å². The maximum Gasteiger partial charge on any atom is 0.313 e. The van der Waals surface area contributed by atoms with Crippen LogP contribution >= 0.6 is 0 Å². The maximum absolute atomic E-state index is 11.6. The normalized spacial score (nSPS) is 9.39. The fourth-order valence-electron chi connectivity index (χ4n) is 1.28. The number of rotatable bonds is 5. The molecule has 0 fully saturated rings. The Morgan fingerprint density at radius 3 is 2.72 bits per heavy atom. The van der Waals surface area contributed by atoms with E-state index in [-0.39, 0.29) is 6.54 Å². The van der Waals surface area contributed by atoms with Crippen LogP contribution in [0.1, 0.15) is 6.92 Å². The minimum absolute atomic E-state index is 0.249. The second-order valence-corrected chi connectivity index (χ2v) is 3.38. The van der Waals surface area contributed by atoms with Crippen molar-refractivity contribution >= 4 is 17.5 Å². The fourth-order valence-corrected chi connectivity index (χ4v) is 1.28. The van der Waals surface area contributed by atoms with Gasteiger partial charge in [0, 0.05) is 6.54 Å².